The number of hydrogen-bond acceptors (Lipinski definition) is 6. The average molecular weight is 501 g/mol. The molecule has 28 heavy (non-hydrogen) atoms. The number of carbonyl (C=O) groups excluding carboxylic acids is 2. The molecule has 0 fully saturated rings. The first-order chi connectivity index (χ1) is 12.4. The maximum absolute atomic E-state index is 11.3. The van der Waals surface area contributed by atoms with E-state index in [0.717, 1.165) is 0 Å². The summed E-state index contributed by atoms with van der Waals surface area (Å²) in [6, 6.07) is 17.6. The van der Waals surface area contributed by atoms with Crippen molar-refractivity contribution in [1.82, 2.24) is 21.7 Å². The first-order valence-electron chi connectivity index (χ1n) is 7.05. The fourth-order valence-electron chi connectivity index (χ4n) is 1.54. The third-order valence-electron chi connectivity index (χ3n) is 2.63. The quantitative estimate of drug-likeness (QED) is 0.142. The number of rotatable bonds is 2. The van der Waals surface area contributed by atoms with Crippen LogP contribution in [-0.4, -0.2) is 20.5 Å². The third-order valence-corrected chi connectivity index (χ3v) is 3.04. The van der Waals surface area contributed by atoms with Gasteiger partial charge in [0.15, 0.2) is 0 Å². The molecule has 0 spiro atoms. The van der Waals surface area contributed by atoms with Gasteiger partial charge in [0, 0.05) is 11.1 Å². The average Bonchev–Trinajstić information content (AvgIpc) is 2.66. The minimum atomic E-state index is -0.257. The number of hydrazine groups is 2. The van der Waals surface area contributed by atoms with Crippen molar-refractivity contribution < 1.29 is 112 Å². The summed E-state index contributed by atoms with van der Waals surface area (Å²) in [5, 5.41) is 0. The van der Waals surface area contributed by atoms with E-state index in [-0.39, 0.29) is 123 Å². The predicted molar refractivity (Wildman–Crippen MR) is 114 cm³/mol. The molecule has 0 bridgehead atoms. The van der Waals surface area contributed by atoms with Gasteiger partial charge in [0.1, 0.15) is 0 Å². The van der Waals surface area contributed by atoms with E-state index in [2.05, 4.69) is 71.4 Å². The van der Waals surface area contributed by atoms with Crippen LogP contribution in [0.25, 0.3) is 0 Å². The molecule has 0 unspecified atom stereocenters. The van der Waals surface area contributed by atoms with Crippen LogP contribution in [0.5, 0.6) is 0 Å². The van der Waals surface area contributed by atoms with E-state index in [1.165, 1.54) is 0 Å². The maximum atomic E-state index is 11.3. The summed E-state index contributed by atoms with van der Waals surface area (Å²) < 4.78 is 0.230. The van der Waals surface area contributed by atoms with E-state index >= 15 is 0 Å². The normalized spacial score (nSPS) is 8.29. The van der Waals surface area contributed by atoms with Crippen LogP contribution in [0.15, 0.2) is 60.7 Å². The molecule has 2 aromatic carbocycles. The summed E-state index contributed by atoms with van der Waals surface area (Å²) >= 11 is 18.2. The number of thiocarbonyl (C=S) groups is 2. The van der Waals surface area contributed by atoms with Gasteiger partial charge in [-0.05, 0) is 32.9 Å². The van der Waals surface area contributed by atoms with Crippen LogP contribution in [0.2, 0.25) is 0 Å². The summed E-state index contributed by atoms with van der Waals surface area (Å²) in [7, 11) is 0. The second-order valence-corrected chi connectivity index (χ2v) is 6.62. The van der Waals surface area contributed by atoms with Gasteiger partial charge in [0.2, 0.25) is 0 Å². The van der Waals surface area contributed by atoms with Crippen LogP contribution in [0.4, 0.5) is 0 Å². The topological polar surface area (TPSA) is 82.3 Å². The van der Waals surface area contributed by atoms with Crippen molar-refractivity contribution in [2.75, 3.05) is 0 Å². The monoisotopic (exact) mass is 500 g/mol. The zero-order chi connectivity index (χ0) is 19.4. The van der Waals surface area contributed by atoms with Crippen LogP contribution in [0.3, 0.4) is 0 Å². The van der Waals surface area contributed by atoms with Gasteiger partial charge >= 0.3 is 103 Å². The Labute approximate surface area is 270 Å². The van der Waals surface area contributed by atoms with Crippen molar-refractivity contribution >= 4 is 70.1 Å². The van der Waals surface area contributed by atoms with Crippen LogP contribution >= 0.6 is 24.4 Å². The molecule has 6 nitrogen and oxygen atoms in total. The number of carbonyl (C=O) groups is 2. The molecular weight excluding hydrogens is 487 g/mol. The van der Waals surface area contributed by atoms with Crippen molar-refractivity contribution in [1.29, 1.82) is 0 Å². The van der Waals surface area contributed by atoms with Gasteiger partial charge in [-0.15, -0.1) is 0 Å². The fraction of sp³-hybridized carbons (Fsp3) is 0. The van der Waals surface area contributed by atoms with E-state index in [1.54, 1.807) is 48.5 Å². The molecule has 0 atom stereocenters. The molecule has 0 saturated carbocycles. The summed E-state index contributed by atoms with van der Waals surface area (Å²) in [5.74, 6) is -0.513. The Balaban J connectivity index is 0. The number of nitrogens with one attached hydrogen (secondary N) is 4. The van der Waals surface area contributed by atoms with Crippen LogP contribution in [-0.2, 0) is 25.3 Å². The van der Waals surface area contributed by atoms with E-state index in [0.29, 0.717) is 11.1 Å². The molecule has 0 aliphatic carbocycles. The Morgan fingerprint density at radius 1 is 0.607 bits per heavy atom. The molecule has 136 valence electrons. The van der Waals surface area contributed by atoms with E-state index < -0.39 is 0 Å². The van der Waals surface area contributed by atoms with E-state index in [9.17, 15) is 9.59 Å². The van der Waals surface area contributed by atoms with Gasteiger partial charge in [0.25, 0.3) is 11.8 Å². The molecule has 0 aliphatic rings. The van der Waals surface area contributed by atoms with Gasteiger partial charge in [-0.3, -0.25) is 20.4 Å². The molecule has 2 rings (SSSR count). The van der Waals surface area contributed by atoms with Crippen molar-refractivity contribution in [2.45, 2.75) is 0 Å². The van der Waals surface area contributed by atoms with E-state index in [1.807, 2.05) is 12.1 Å². The number of amides is 2. The summed E-state index contributed by atoms with van der Waals surface area (Å²) in [4.78, 5) is 22.5. The summed E-state index contributed by atoms with van der Waals surface area (Å²) in [5.41, 5.74) is 10.6. The van der Waals surface area contributed by atoms with Crippen molar-refractivity contribution in [3.05, 3.63) is 71.8 Å². The molecule has 0 radical (unpaired) electrons. The van der Waals surface area contributed by atoms with Crippen molar-refractivity contribution in [2.24, 2.45) is 0 Å². The Hall–Kier alpha value is 0.873. The van der Waals surface area contributed by atoms with Crippen LogP contribution < -0.4 is 124 Å². The van der Waals surface area contributed by atoms with Gasteiger partial charge < -0.3 is 60.5 Å². The molecule has 0 aromatic heterocycles. The molecule has 4 N–H and O–H groups in total. The van der Waals surface area contributed by atoms with Crippen LogP contribution in [0, 0.1) is 0 Å². The minimum absolute atomic E-state index is 0. The standard InChI is InChI=1S/2C8H8N2OS2.2K/c2*11-7(9-10-8(12)13)6-4-2-1-3-5-6;;/h2*1-5H,(H,9,11)(H2,10,12,13);;/q;;2*+1/p-2. The Bertz CT molecular complexity index is 702. The Kier molecular flexibility index (Phi) is 20.7. The molecule has 0 heterocycles. The molecule has 12 heteroatoms. The van der Waals surface area contributed by atoms with Crippen molar-refractivity contribution in [3.63, 3.8) is 0 Å². The summed E-state index contributed by atoms with van der Waals surface area (Å²) in [6.07, 6.45) is 0. The fourth-order valence-corrected chi connectivity index (χ4v) is 1.74. The second kappa shape index (κ2) is 18.6. The van der Waals surface area contributed by atoms with Crippen LogP contribution in [0.1, 0.15) is 20.7 Å². The first kappa shape index (κ1) is 31.1. The second-order valence-electron chi connectivity index (χ2n) is 4.47. The molecule has 2 amide bonds. The molecule has 0 aliphatic heterocycles. The van der Waals surface area contributed by atoms with E-state index in [4.69, 9.17) is 0 Å². The van der Waals surface area contributed by atoms with Gasteiger partial charge in [-0.1, -0.05) is 36.4 Å². The zero-order valence-corrected chi connectivity index (χ0v) is 24.7. The Morgan fingerprint density at radius 3 is 1.14 bits per heavy atom. The smallest absolute Gasteiger partial charge is 0.410 e. The number of benzene rings is 2. The Morgan fingerprint density at radius 2 is 0.893 bits per heavy atom. The molecule has 2 aromatic rings. The van der Waals surface area contributed by atoms with Gasteiger partial charge in [0.05, 0.1) is 0 Å². The molecular formula is C16H14K2N4O2S4. The van der Waals surface area contributed by atoms with Gasteiger partial charge in [-0.25, -0.2) is 0 Å². The SMILES string of the molecule is O=C(NNC(=S)[S-])c1ccccc1.O=C(NNC(=S)[S-])c1ccccc1.[K+].[K+]. The first-order valence-corrected chi connectivity index (χ1v) is 8.68. The largest absolute Gasteiger partial charge is 1.00 e. The molecule has 0 saturated heterocycles. The van der Waals surface area contributed by atoms with Gasteiger partial charge in [-0.2, -0.15) is 0 Å². The third kappa shape index (κ3) is 14.8. The van der Waals surface area contributed by atoms with Crippen molar-refractivity contribution in [3.8, 4) is 0 Å². The predicted octanol–water partition coefficient (Wildman–Crippen LogP) is -4.49. The maximum Gasteiger partial charge on any atom is 1.00 e. The zero-order valence-electron chi connectivity index (χ0n) is 15.2. The number of hydrogen-bond donors (Lipinski definition) is 4. The minimum Gasteiger partial charge on any atom is -0.410 e. The summed E-state index contributed by atoms with van der Waals surface area (Å²) in [6.45, 7) is 0.